The van der Waals surface area contributed by atoms with Gasteiger partial charge in [-0.05, 0) is 44.7 Å². The summed E-state index contributed by atoms with van der Waals surface area (Å²) in [5, 5.41) is 7.81. The number of alkyl halides is 2. The van der Waals surface area contributed by atoms with E-state index >= 15 is 0 Å². The Kier molecular flexibility index (Phi) is 5.76. The maximum Gasteiger partial charge on any atom is 0.251 e. The summed E-state index contributed by atoms with van der Waals surface area (Å²) in [4.78, 5) is 16.4. The van der Waals surface area contributed by atoms with E-state index in [9.17, 15) is 13.6 Å². The first-order chi connectivity index (χ1) is 11.6. The molecule has 2 saturated heterocycles. The molecule has 3 heterocycles. The molecule has 0 unspecified atom stereocenters. The van der Waals surface area contributed by atoms with E-state index in [1.165, 1.54) is 0 Å². The van der Waals surface area contributed by atoms with Gasteiger partial charge in [-0.15, -0.1) is 5.10 Å². The minimum atomic E-state index is -2.29. The topological polar surface area (TPSA) is 54.3 Å². The number of piperidine rings is 2. The van der Waals surface area contributed by atoms with E-state index < -0.39 is 6.43 Å². The molecule has 24 heavy (non-hydrogen) atoms. The molecule has 134 valence electrons. The summed E-state index contributed by atoms with van der Waals surface area (Å²) in [6, 6.07) is 0. The lowest BCUT2D eigenvalue weighted by atomic mass is 9.92. The molecule has 3 rings (SSSR count). The van der Waals surface area contributed by atoms with Crippen molar-refractivity contribution in [3.05, 3.63) is 12.4 Å². The van der Waals surface area contributed by atoms with Crippen molar-refractivity contribution in [3.63, 3.8) is 0 Å². The zero-order chi connectivity index (χ0) is 16.9. The molecule has 0 radical (unpaired) electrons. The number of rotatable bonds is 5. The first kappa shape index (κ1) is 17.3. The van der Waals surface area contributed by atoms with Crippen LogP contribution >= 0.6 is 0 Å². The van der Waals surface area contributed by atoms with Crippen molar-refractivity contribution in [2.45, 2.75) is 38.7 Å². The fraction of sp³-hybridized carbons (Fsp3) is 0.812. The quantitative estimate of drug-likeness (QED) is 0.814. The maximum absolute atomic E-state index is 12.6. The number of amides is 1. The van der Waals surface area contributed by atoms with Crippen LogP contribution in [-0.2, 0) is 11.3 Å². The van der Waals surface area contributed by atoms with Gasteiger partial charge in [-0.3, -0.25) is 14.4 Å². The number of carbonyl (C=O) groups is 1. The van der Waals surface area contributed by atoms with Gasteiger partial charge in [0.1, 0.15) is 0 Å². The van der Waals surface area contributed by atoms with E-state index in [0.717, 1.165) is 32.5 Å². The Morgan fingerprint density at radius 3 is 2.42 bits per heavy atom. The van der Waals surface area contributed by atoms with Crippen molar-refractivity contribution in [2.24, 2.45) is 11.8 Å². The second-order valence-electron chi connectivity index (χ2n) is 6.86. The van der Waals surface area contributed by atoms with Crippen LogP contribution in [0.5, 0.6) is 0 Å². The van der Waals surface area contributed by atoms with Gasteiger partial charge in [-0.2, -0.15) is 0 Å². The first-order valence-electron chi connectivity index (χ1n) is 8.75. The number of hydrogen-bond acceptors (Lipinski definition) is 4. The van der Waals surface area contributed by atoms with Crippen LogP contribution in [0.25, 0.3) is 0 Å². The number of nitrogens with zero attached hydrogens (tertiary/aromatic N) is 5. The molecule has 0 aliphatic carbocycles. The van der Waals surface area contributed by atoms with Crippen molar-refractivity contribution in [1.29, 1.82) is 0 Å². The van der Waals surface area contributed by atoms with Gasteiger partial charge in [0.05, 0.1) is 12.7 Å². The highest BCUT2D eigenvalue weighted by atomic mass is 19.3. The van der Waals surface area contributed by atoms with E-state index in [1.807, 2.05) is 15.8 Å². The molecule has 6 nitrogen and oxygen atoms in total. The van der Waals surface area contributed by atoms with Crippen molar-refractivity contribution < 1.29 is 13.6 Å². The fourth-order valence-corrected chi connectivity index (χ4v) is 3.75. The summed E-state index contributed by atoms with van der Waals surface area (Å²) < 4.78 is 26.7. The van der Waals surface area contributed by atoms with Crippen LogP contribution < -0.4 is 0 Å². The highest BCUT2D eigenvalue weighted by Gasteiger charge is 2.31. The molecule has 1 amide bonds. The molecule has 1 aromatic rings. The Bertz CT molecular complexity index is 509. The molecule has 2 fully saturated rings. The lowest BCUT2D eigenvalue weighted by molar-refractivity contribution is -0.138. The number of carbonyl (C=O) groups excluding carboxylic acids is 1. The summed E-state index contributed by atoms with van der Waals surface area (Å²) in [5.74, 6) is 0.750. The molecule has 1 aromatic heterocycles. The molecule has 0 spiro atoms. The molecule has 0 N–H and O–H groups in total. The number of likely N-dealkylation sites (tertiary alicyclic amines) is 2. The number of aromatic nitrogens is 3. The summed E-state index contributed by atoms with van der Waals surface area (Å²) in [6.45, 7) is 3.46. The first-order valence-corrected chi connectivity index (χ1v) is 8.75. The summed E-state index contributed by atoms with van der Waals surface area (Å²) >= 11 is 0. The minimum absolute atomic E-state index is 0.00536. The van der Waals surface area contributed by atoms with Gasteiger partial charge in [0.2, 0.25) is 5.91 Å². The Balaban J connectivity index is 1.41. The number of hydrogen-bond donors (Lipinski definition) is 0. The van der Waals surface area contributed by atoms with Crippen molar-refractivity contribution in [2.75, 3.05) is 32.7 Å². The average Bonchev–Trinajstić information content (AvgIpc) is 3.08. The Labute approximate surface area is 140 Å². The predicted octanol–water partition coefficient (Wildman–Crippen LogP) is 1.49. The van der Waals surface area contributed by atoms with Gasteiger partial charge in [-0.1, -0.05) is 5.21 Å². The van der Waals surface area contributed by atoms with Gasteiger partial charge in [0.25, 0.3) is 6.43 Å². The van der Waals surface area contributed by atoms with E-state index in [0.29, 0.717) is 31.8 Å². The third kappa shape index (κ3) is 4.49. The standard InChI is InChI=1S/C16H25F2N5O/c17-15(18)12-21-6-3-14(4-7-21)16(24)22-8-1-13(2-9-22)11-23-10-5-19-20-23/h5,10,13-15H,1-4,6-9,11-12H2. The van der Waals surface area contributed by atoms with E-state index in [-0.39, 0.29) is 18.4 Å². The van der Waals surface area contributed by atoms with Crippen molar-refractivity contribution >= 4 is 5.91 Å². The molecular formula is C16H25F2N5O. The van der Waals surface area contributed by atoms with Crippen LogP contribution in [-0.4, -0.2) is 69.9 Å². The highest BCUT2D eigenvalue weighted by Crippen LogP contribution is 2.24. The van der Waals surface area contributed by atoms with Crippen LogP contribution in [0.4, 0.5) is 8.78 Å². The Hall–Kier alpha value is -1.57. The second-order valence-corrected chi connectivity index (χ2v) is 6.86. The largest absolute Gasteiger partial charge is 0.342 e. The molecule has 0 bridgehead atoms. The normalized spacial score (nSPS) is 21.5. The summed E-state index contributed by atoms with van der Waals surface area (Å²) in [5.41, 5.74) is 0. The fourth-order valence-electron chi connectivity index (χ4n) is 3.75. The molecule has 8 heteroatoms. The zero-order valence-corrected chi connectivity index (χ0v) is 13.9. The molecule has 0 saturated carbocycles. The molecular weight excluding hydrogens is 316 g/mol. The Morgan fingerprint density at radius 2 is 1.83 bits per heavy atom. The lowest BCUT2D eigenvalue weighted by Crippen LogP contribution is -2.46. The van der Waals surface area contributed by atoms with E-state index in [2.05, 4.69) is 10.3 Å². The Morgan fingerprint density at radius 1 is 1.12 bits per heavy atom. The summed E-state index contributed by atoms with van der Waals surface area (Å²) in [7, 11) is 0. The van der Waals surface area contributed by atoms with Crippen LogP contribution in [0.2, 0.25) is 0 Å². The summed E-state index contributed by atoms with van der Waals surface area (Å²) in [6.07, 6.45) is 4.62. The third-order valence-corrected chi connectivity index (χ3v) is 5.18. The molecule has 2 aliphatic heterocycles. The zero-order valence-electron chi connectivity index (χ0n) is 13.9. The van der Waals surface area contributed by atoms with Gasteiger partial charge in [0, 0.05) is 31.7 Å². The van der Waals surface area contributed by atoms with Crippen LogP contribution in [0.15, 0.2) is 12.4 Å². The minimum Gasteiger partial charge on any atom is -0.342 e. The van der Waals surface area contributed by atoms with Gasteiger partial charge in [0.15, 0.2) is 0 Å². The molecule has 0 atom stereocenters. The van der Waals surface area contributed by atoms with Crippen LogP contribution in [0.1, 0.15) is 25.7 Å². The monoisotopic (exact) mass is 341 g/mol. The van der Waals surface area contributed by atoms with Crippen LogP contribution in [0.3, 0.4) is 0 Å². The molecule has 0 aromatic carbocycles. The van der Waals surface area contributed by atoms with Crippen molar-refractivity contribution in [3.8, 4) is 0 Å². The second kappa shape index (κ2) is 8.00. The van der Waals surface area contributed by atoms with Gasteiger partial charge in [-0.25, -0.2) is 8.78 Å². The van der Waals surface area contributed by atoms with Crippen LogP contribution in [0, 0.1) is 11.8 Å². The van der Waals surface area contributed by atoms with Gasteiger partial charge < -0.3 is 4.90 Å². The van der Waals surface area contributed by atoms with E-state index in [4.69, 9.17) is 0 Å². The predicted molar refractivity (Wildman–Crippen MR) is 84.5 cm³/mol. The van der Waals surface area contributed by atoms with Crippen molar-refractivity contribution in [1.82, 2.24) is 24.8 Å². The smallest absolute Gasteiger partial charge is 0.251 e. The molecule has 2 aliphatic rings. The third-order valence-electron chi connectivity index (χ3n) is 5.18. The average molecular weight is 341 g/mol. The maximum atomic E-state index is 12.6. The van der Waals surface area contributed by atoms with Gasteiger partial charge >= 0.3 is 0 Å². The van der Waals surface area contributed by atoms with E-state index in [1.54, 1.807) is 11.1 Å². The number of halogens is 2. The lowest BCUT2D eigenvalue weighted by Gasteiger charge is -2.37. The highest BCUT2D eigenvalue weighted by molar-refractivity contribution is 5.79. The SMILES string of the molecule is O=C(C1CCN(CC(F)F)CC1)N1CCC(Cn2ccnn2)CC1.